The highest BCUT2D eigenvalue weighted by Crippen LogP contribution is 2.40. The Morgan fingerprint density at radius 1 is 1.09 bits per heavy atom. The van der Waals surface area contributed by atoms with Gasteiger partial charge in [-0.2, -0.15) is 0 Å². The van der Waals surface area contributed by atoms with Crippen LogP contribution in [0.5, 0.6) is 0 Å². The highest BCUT2D eigenvalue weighted by Gasteiger charge is 2.35. The minimum atomic E-state index is -0.837. The van der Waals surface area contributed by atoms with Crippen LogP contribution >= 0.6 is 0 Å². The molecule has 1 aromatic carbocycles. The van der Waals surface area contributed by atoms with Crippen LogP contribution in [0.25, 0.3) is 0 Å². The minimum absolute atomic E-state index is 0.0413. The van der Waals surface area contributed by atoms with E-state index in [-0.39, 0.29) is 17.9 Å². The Morgan fingerprint density at radius 3 is 2.41 bits per heavy atom. The van der Waals surface area contributed by atoms with Gasteiger partial charge in [0.05, 0.1) is 0 Å². The zero-order chi connectivity index (χ0) is 15.8. The molecule has 0 aromatic heterocycles. The number of carboxylic acid groups (broad SMARTS) is 1. The van der Waals surface area contributed by atoms with Gasteiger partial charge in [-0.05, 0) is 24.8 Å². The van der Waals surface area contributed by atoms with Crippen molar-refractivity contribution in [1.29, 1.82) is 0 Å². The zero-order valence-corrected chi connectivity index (χ0v) is 12.8. The molecule has 2 amide bonds. The van der Waals surface area contributed by atoms with Gasteiger partial charge < -0.3 is 15.7 Å². The zero-order valence-electron chi connectivity index (χ0n) is 12.8. The maximum atomic E-state index is 11.8. The third kappa shape index (κ3) is 4.48. The summed E-state index contributed by atoms with van der Waals surface area (Å²) in [5.74, 6) is -0.837. The second kappa shape index (κ2) is 7.82. The van der Waals surface area contributed by atoms with Crippen LogP contribution in [-0.2, 0) is 10.2 Å². The highest BCUT2D eigenvalue weighted by atomic mass is 16.4. The fourth-order valence-corrected chi connectivity index (χ4v) is 3.16. The van der Waals surface area contributed by atoms with Gasteiger partial charge in [0.15, 0.2) is 0 Å². The molecular weight excluding hydrogens is 280 g/mol. The van der Waals surface area contributed by atoms with Crippen molar-refractivity contribution in [2.45, 2.75) is 43.9 Å². The summed E-state index contributed by atoms with van der Waals surface area (Å²) in [6.45, 7) is 1.01. The van der Waals surface area contributed by atoms with E-state index in [2.05, 4.69) is 22.8 Å². The molecule has 1 aliphatic carbocycles. The Labute approximate surface area is 131 Å². The van der Waals surface area contributed by atoms with Gasteiger partial charge in [-0.1, -0.05) is 43.2 Å². The molecule has 5 heteroatoms. The largest absolute Gasteiger partial charge is 0.481 e. The Hall–Kier alpha value is -2.04. The van der Waals surface area contributed by atoms with Crippen LogP contribution in [0.4, 0.5) is 4.79 Å². The van der Waals surface area contributed by atoms with Gasteiger partial charge in [-0.15, -0.1) is 0 Å². The lowest BCUT2D eigenvalue weighted by Crippen LogP contribution is -2.44. The number of aliphatic carboxylic acids is 1. The van der Waals surface area contributed by atoms with Crippen molar-refractivity contribution in [3.05, 3.63) is 35.9 Å². The summed E-state index contributed by atoms with van der Waals surface area (Å²) >= 11 is 0. The molecule has 3 N–H and O–H groups in total. The number of hydrogen-bond donors (Lipinski definition) is 3. The predicted octanol–water partition coefficient (Wildman–Crippen LogP) is 2.66. The molecule has 0 bridgehead atoms. The molecule has 1 fully saturated rings. The van der Waals surface area contributed by atoms with Crippen molar-refractivity contribution in [1.82, 2.24) is 10.6 Å². The van der Waals surface area contributed by atoms with E-state index >= 15 is 0 Å². The van der Waals surface area contributed by atoms with Crippen LogP contribution < -0.4 is 10.6 Å². The number of benzene rings is 1. The lowest BCUT2D eigenvalue weighted by Gasteiger charge is -2.30. The Bertz CT molecular complexity index is 496. The van der Waals surface area contributed by atoms with Crippen molar-refractivity contribution in [3.8, 4) is 0 Å². The fraction of sp³-hybridized carbons (Fsp3) is 0.529. The molecule has 2 rings (SSSR count). The average molecular weight is 304 g/mol. The highest BCUT2D eigenvalue weighted by molar-refractivity contribution is 5.74. The SMILES string of the molecule is O=C(O)CCCNC(=O)NCC1(c2ccccc2)CCCC1. The molecule has 0 radical (unpaired) electrons. The van der Waals surface area contributed by atoms with Crippen LogP contribution in [0.1, 0.15) is 44.1 Å². The standard InChI is InChI=1S/C17H24N2O3/c20-15(21)9-6-12-18-16(22)19-13-17(10-4-5-11-17)14-7-2-1-3-8-14/h1-3,7-8H,4-6,9-13H2,(H,20,21)(H2,18,19,22). The molecule has 5 nitrogen and oxygen atoms in total. The normalized spacial score (nSPS) is 16.2. The number of rotatable bonds is 7. The fourth-order valence-electron chi connectivity index (χ4n) is 3.16. The molecule has 1 aromatic rings. The maximum absolute atomic E-state index is 11.8. The Morgan fingerprint density at radius 2 is 1.77 bits per heavy atom. The third-order valence-corrected chi connectivity index (χ3v) is 4.39. The maximum Gasteiger partial charge on any atom is 0.314 e. The first-order chi connectivity index (χ1) is 10.6. The Kier molecular flexibility index (Phi) is 5.81. The summed E-state index contributed by atoms with van der Waals surface area (Å²) in [6, 6.07) is 10.2. The lowest BCUT2D eigenvalue weighted by molar-refractivity contribution is -0.137. The van der Waals surface area contributed by atoms with E-state index in [0.717, 1.165) is 12.8 Å². The van der Waals surface area contributed by atoms with Crippen molar-refractivity contribution in [2.75, 3.05) is 13.1 Å². The third-order valence-electron chi connectivity index (χ3n) is 4.39. The van der Waals surface area contributed by atoms with Crippen LogP contribution in [0.2, 0.25) is 0 Å². The van der Waals surface area contributed by atoms with E-state index in [4.69, 9.17) is 5.11 Å². The van der Waals surface area contributed by atoms with Gasteiger partial charge in [0.1, 0.15) is 0 Å². The molecule has 0 heterocycles. The lowest BCUT2D eigenvalue weighted by atomic mass is 9.79. The molecule has 0 spiro atoms. The Balaban J connectivity index is 1.82. The molecule has 1 aliphatic rings. The molecular formula is C17H24N2O3. The van der Waals surface area contributed by atoms with Crippen molar-refractivity contribution >= 4 is 12.0 Å². The molecule has 1 saturated carbocycles. The molecule has 0 atom stereocenters. The minimum Gasteiger partial charge on any atom is -0.481 e. The molecule has 0 saturated heterocycles. The van der Waals surface area contributed by atoms with E-state index < -0.39 is 5.97 Å². The summed E-state index contributed by atoms with van der Waals surface area (Å²) in [5.41, 5.74) is 1.33. The number of nitrogens with one attached hydrogen (secondary N) is 2. The van der Waals surface area contributed by atoms with Crippen LogP contribution in [0, 0.1) is 0 Å². The van der Waals surface area contributed by atoms with E-state index in [1.807, 2.05) is 18.2 Å². The van der Waals surface area contributed by atoms with Crippen LogP contribution in [0.3, 0.4) is 0 Å². The first-order valence-electron chi connectivity index (χ1n) is 7.91. The summed E-state index contributed by atoms with van der Waals surface area (Å²) in [5, 5.41) is 14.2. The number of hydrogen-bond acceptors (Lipinski definition) is 2. The van der Waals surface area contributed by atoms with Gasteiger partial charge in [0.25, 0.3) is 0 Å². The first kappa shape index (κ1) is 16.3. The van der Waals surface area contributed by atoms with Gasteiger partial charge in [0, 0.05) is 24.9 Å². The number of carbonyl (C=O) groups is 2. The van der Waals surface area contributed by atoms with Gasteiger partial charge in [-0.25, -0.2) is 4.79 Å². The van der Waals surface area contributed by atoms with Crippen molar-refractivity contribution in [3.63, 3.8) is 0 Å². The molecule has 120 valence electrons. The molecule has 0 unspecified atom stereocenters. The molecule has 22 heavy (non-hydrogen) atoms. The van der Waals surface area contributed by atoms with Gasteiger partial charge in [0.2, 0.25) is 0 Å². The van der Waals surface area contributed by atoms with Crippen LogP contribution in [-0.4, -0.2) is 30.2 Å². The second-order valence-corrected chi connectivity index (χ2v) is 5.96. The van der Waals surface area contributed by atoms with E-state index in [0.29, 0.717) is 19.5 Å². The van der Waals surface area contributed by atoms with Crippen molar-refractivity contribution in [2.24, 2.45) is 0 Å². The van der Waals surface area contributed by atoms with Crippen molar-refractivity contribution < 1.29 is 14.7 Å². The summed E-state index contributed by atoms with van der Waals surface area (Å²) in [4.78, 5) is 22.3. The summed E-state index contributed by atoms with van der Waals surface area (Å²) in [6.07, 6.45) is 5.10. The van der Waals surface area contributed by atoms with Gasteiger partial charge >= 0.3 is 12.0 Å². The first-order valence-corrected chi connectivity index (χ1v) is 7.91. The topological polar surface area (TPSA) is 78.4 Å². The predicted molar refractivity (Wildman–Crippen MR) is 84.9 cm³/mol. The number of urea groups is 1. The van der Waals surface area contributed by atoms with Crippen LogP contribution in [0.15, 0.2) is 30.3 Å². The molecule has 0 aliphatic heterocycles. The smallest absolute Gasteiger partial charge is 0.314 e. The van der Waals surface area contributed by atoms with E-state index in [9.17, 15) is 9.59 Å². The number of carbonyl (C=O) groups excluding carboxylic acids is 1. The quantitative estimate of drug-likeness (QED) is 0.678. The summed E-state index contributed by atoms with van der Waals surface area (Å²) in [7, 11) is 0. The number of carboxylic acids is 1. The van der Waals surface area contributed by atoms with E-state index in [1.54, 1.807) is 0 Å². The monoisotopic (exact) mass is 304 g/mol. The van der Waals surface area contributed by atoms with E-state index in [1.165, 1.54) is 18.4 Å². The number of amides is 2. The van der Waals surface area contributed by atoms with Gasteiger partial charge in [-0.3, -0.25) is 4.79 Å². The average Bonchev–Trinajstić information content (AvgIpc) is 3.00. The summed E-state index contributed by atoms with van der Waals surface area (Å²) < 4.78 is 0. The second-order valence-electron chi connectivity index (χ2n) is 5.96.